The highest BCUT2D eigenvalue weighted by Crippen LogP contribution is 2.35. The van der Waals surface area contributed by atoms with Crippen LogP contribution in [0, 0.1) is 5.92 Å². The molecule has 2 aromatic rings. The molecule has 35 heavy (non-hydrogen) atoms. The van der Waals surface area contributed by atoms with E-state index in [1.165, 1.54) is 18.7 Å². The molecule has 1 aliphatic carbocycles. The average molecular weight is 570 g/mol. The van der Waals surface area contributed by atoms with Crippen LogP contribution >= 0.6 is 15.9 Å². The number of carbonyl (C=O) groups is 3. The number of aromatic nitrogens is 4. The molecule has 1 saturated carbocycles. The van der Waals surface area contributed by atoms with Gasteiger partial charge in [0.1, 0.15) is 16.2 Å². The summed E-state index contributed by atoms with van der Waals surface area (Å²) in [6.45, 7) is 1.52. The number of hydrogen-bond donors (Lipinski definition) is 3. The maximum Gasteiger partial charge on any atom is 0.490 e. The average Bonchev–Trinajstić information content (AvgIpc) is 3.44. The van der Waals surface area contributed by atoms with Crippen LogP contribution in [0.5, 0.6) is 5.88 Å². The van der Waals surface area contributed by atoms with E-state index < -0.39 is 36.1 Å². The molecule has 1 aliphatic rings. The molecule has 2 atom stereocenters. The SMILES string of the molecule is COc1noc(C(=O)NC(c2cn(C(C)C(=O)O)nn2)C2CCCCC2)c1Br.O=C(O)C(F)(F)F. The molecule has 0 aromatic carbocycles. The molecule has 1 fully saturated rings. The van der Waals surface area contributed by atoms with Crippen molar-refractivity contribution in [1.82, 2.24) is 25.5 Å². The summed E-state index contributed by atoms with van der Waals surface area (Å²) in [6, 6.07) is -1.26. The Morgan fingerprint density at radius 1 is 1.26 bits per heavy atom. The summed E-state index contributed by atoms with van der Waals surface area (Å²) in [5.74, 6) is -3.87. The Balaban J connectivity index is 0.000000540. The lowest BCUT2D eigenvalue weighted by molar-refractivity contribution is -0.192. The van der Waals surface area contributed by atoms with E-state index >= 15 is 0 Å². The van der Waals surface area contributed by atoms with Crippen molar-refractivity contribution in [2.75, 3.05) is 7.11 Å². The van der Waals surface area contributed by atoms with E-state index in [9.17, 15) is 27.9 Å². The maximum atomic E-state index is 12.8. The van der Waals surface area contributed by atoms with Gasteiger partial charge in [-0.05, 0) is 46.8 Å². The Labute approximate surface area is 204 Å². The van der Waals surface area contributed by atoms with E-state index in [1.807, 2.05) is 0 Å². The Morgan fingerprint density at radius 3 is 2.34 bits per heavy atom. The Kier molecular flexibility index (Phi) is 9.62. The molecule has 12 nitrogen and oxygen atoms in total. The molecule has 0 spiro atoms. The Morgan fingerprint density at radius 2 is 1.86 bits per heavy atom. The third-order valence-corrected chi connectivity index (χ3v) is 5.96. The second-order valence-electron chi connectivity index (χ2n) is 7.62. The summed E-state index contributed by atoms with van der Waals surface area (Å²) in [7, 11) is 1.43. The Hall–Kier alpha value is -3.17. The first-order valence-corrected chi connectivity index (χ1v) is 11.1. The fourth-order valence-electron chi connectivity index (χ4n) is 3.38. The summed E-state index contributed by atoms with van der Waals surface area (Å²) in [5.41, 5.74) is 0.524. The third kappa shape index (κ3) is 7.40. The van der Waals surface area contributed by atoms with Crippen LogP contribution in [0.1, 0.15) is 67.4 Å². The third-order valence-electron chi connectivity index (χ3n) is 5.26. The number of ether oxygens (including phenoxy) is 1. The number of alkyl halides is 3. The van der Waals surface area contributed by atoms with Gasteiger partial charge >= 0.3 is 18.1 Å². The number of amides is 1. The molecule has 194 valence electrons. The number of carbonyl (C=O) groups excluding carboxylic acids is 1. The van der Waals surface area contributed by atoms with Gasteiger partial charge in [-0.3, -0.25) is 4.79 Å². The lowest BCUT2D eigenvalue weighted by Crippen LogP contribution is -2.34. The summed E-state index contributed by atoms with van der Waals surface area (Å²) in [4.78, 5) is 32.9. The molecule has 2 aromatic heterocycles. The summed E-state index contributed by atoms with van der Waals surface area (Å²) >= 11 is 3.25. The van der Waals surface area contributed by atoms with Gasteiger partial charge in [0.05, 0.1) is 19.3 Å². The second-order valence-corrected chi connectivity index (χ2v) is 8.42. The lowest BCUT2D eigenvalue weighted by atomic mass is 9.82. The normalized spacial score (nSPS) is 15.9. The minimum Gasteiger partial charge on any atom is -0.480 e. The smallest absolute Gasteiger partial charge is 0.480 e. The quantitative estimate of drug-likeness (QED) is 0.449. The van der Waals surface area contributed by atoms with Crippen LogP contribution in [0.2, 0.25) is 0 Å². The van der Waals surface area contributed by atoms with Crippen LogP contribution in [-0.4, -0.2) is 61.5 Å². The molecule has 0 radical (unpaired) electrons. The van der Waals surface area contributed by atoms with Crippen LogP contribution in [-0.2, 0) is 9.59 Å². The molecule has 1 amide bonds. The summed E-state index contributed by atoms with van der Waals surface area (Å²) in [6.07, 6.45) is 1.66. The number of nitrogens with one attached hydrogen (secondary N) is 1. The number of aliphatic carboxylic acids is 2. The standard InChI is InChI=1S/C17H22BrN5O5.C2HF3O2/c1-9(17(25)26)23-8-11(20-22-23)13(10-6-4-3-5-7-10)19-15(24)14-12(18)16(27-2)21-28-14;3-2(4,5)1(6)7/h8-10,13H,3-7H2,1-2H3,(H,19,24)(H,25,26);(H,6,7). The molecule has 2 heterocycles. The van der Waals surface area contributed by atoms with Gasteiger partial charge in [-0.2, -0.15) is 13.2 Å². The van der Waals surface area contributed by atoms with E-state index in [0.29, 0.717) is 10.2 Å². The maximum absolute atomic E-state index is 12.8. The fourth-order valence-corrected chi connectivity index (χ4v) is 3.86. The van der Waals surface area contributed by atoms with E-state index in [2.05, 4.69) is 36.7 Å². The number of carboxylic acid groups (broad SMARTS) is 2. The van der Waals surface area contributed by atoms with Crippen molar-refractivity contribution in [3.63, 3.8) is 0 Å². The minimum atomic E-state index is -5.08. The highest BCUT2D eigenvalue weighted by atomic mass is 79.9. The molecular weight excluding hydrogens is 547 g/mol. The first kappa shape index (κ1) is 28.1. The van der Waals surface area contributed by atoms with Gasteiger partial charge in [-0.15, -0.1) is 5.10 Å². The number of carboxylic acids is 2. The van der Waals surface area contributed by atoms with Crippen molar-refractivity contribution < 1.29 is 47.0 Å². The van der Waals surface area contributed by atoms with Gasteiger partial charge in [0, 0.05) is 0 Å². The van der Waals surface area contributed by atoms with Crippen molar-refractivity contribution in [3.05, 3.63) is 22.1 Å². The van der Waals surface area contributed by atoms with E-state index in [1.54, 1.807) is 6.20 Å². The largest absolute Gasteiger partial charge is 0.490 e. The highest BCUT2D eigenvalue weighted by molar-refractivity contribution is 9.10. The molecule has 0 bridgehead atoms. The van der Waals surface area contributed by atoms with Crippen molar-refractivity contribution in [2.45, 2.75) is 57.3 Å². The van der Waals surface area contributed by atoms with Crippen LogP contribution in [0.4, 0.5) is 13.2 Å². The van der Waals surface area contributed by atoms with Crippen LogP contribution in [0.3, 0.4) is 0 Å². The predicted molar refractivity (Wildman–Crippen MR) is 114 cm³/mol. The van der Waals surface area contributed by atoms with Crippen molar-refractivity contribution in [1.29, 1.82) is 0 Å². The van der Waals surface area contributed by atoms with E-state index in [4.69, 9.17) is 19.2 Å². The minimum absolute atomic E-state index is 0.00366. The molecular formula is C19H23BrF3N5O7. The first-order chi connectivity index (χ1) is 16.4. The number of rotatable bonds is 7. The summed E-state index contributed by atoms with van der Waals surface area (Å²) in [5, 5.41) is 31.0. The zero-order valence-corrected chi connectivity index (χ0v) is 20.2. The van der Waals surface area contributed by atoms with E-state index in [0.717, 1.165) is 32.1 Å². The number of halogens is 4. The molecule has 3 N–H and O–H groups in total. The van der Waals surface area contributed by atoms with Gasteiger partial charge in [-0.25, -0.2) is 14.3 Å². The fraction of sp³-hybridized carbons (Fsp3) is 0.579. The van der Waals surface area contributed by atoms with Gasteiger partial charge in [0.2, 0.25) is 5.76 Å². The predicted octanol–water partition coefficient (Wildman–Crippen LogP) is 3.37. The van der Waals surface area contributed by atoms with Gasteiger partial charge < -0.3 is 24.8 Å². The Bertz CT molecular complexity index is 1040. The number of methoxy groups -OCH3 is 1. The van der Waals surface area contributed by atoms with Gasteiger partial charge in [0.15, 0.2) is 0 Å². The highest BCUT2D eigenvalue weighted by Gasteiger charge is 2.38. The molecule has 0 saturated heterocycles. The first-order valence-electron chi connectivity index (χ1n) is 10.3. The van der Waals surface area contributed by atoms with Gasteiger partial charge in [-0.1, -0.05) is 24.5 Å². The number of nitrogens with zero attached hydrogens (tertiary/aromatic N) is 4. The van der Waals surface area contributed by atoms with Crippen molar-refractivity contribution in [3.8, 4) is 5.88 Å². The van der Waals surface area contributed by atoms with Crippen LogP contribution in [0.25, 0.3) is 0 Å². The van der Waals surface area contributed by atoms with E-state index in [-0.39, 0.29) is 17.6 Å². The van der Waals surface area contributed by atoms with Crippen LogP contribution in [0.15, 0.2) is 15.2 Å². The zero-order chi connectivity index (χ0) is 26.3. The monoisotopic (exact) mass is 569 g/mol. The van der Waals surface area contributed by atoms with Crippen molar-refractivity contribution in [2.24, 2.45) is 5.92 Å². The topological polar surface area (TPSA) is 170 Å². The molecule has 2 unspecified atom stereocenters. The van der Waals surface area contributed by atoms with Crippen LogP contribution < -0.4 is 10.1 Å². The summed E-state index contributed by atoms with van der Waals surface area (Å²) < 4.78 is 43.5. The molecule has 0 aliphatic heterocycles. The van der Waals surface area contributed by atoms with Crippen molar-refractivity contribution >= 4 is 33.8 Å². The lowest BCUT2D eigenvalue weighted by Gasteiger charge is -2.29. The molecule has 16 heteroatoms. The molecule has 3 rings (SSSR count). The second kappa shape index (κ2) is 12.0. The number of hydrogen-bond acceptors (Lipinski definition) is 8. The zero-order valence-electron chi connectivity index (χ0n) is 18.6. The van der Waals surface area contributed by atoms with Gasteiger partial charge in [0.25, 0.3) is 11.8 Å².